The predicted molar refractivity (Wildman–Crippen MR) is 72.1 cm³/mol. The van der Waals surface area contributed by atoms with Crippen molar-refractivity contribution in [2.75, 3.05) is 5.32 Å². The van der Waals surface area contributed by atoms with Gasteiger partial charge in [0.15, 0.2) is 5.15 Å². The first kappa shape index (κ1) is 12.6. The minimum absolute atomic E-state index is 0.222. The van der Waals surface area contributed by atoms with Crippen LogP contribution < -0.4 is 5.32 Å². The molecule has 2 rings (SSSR count). The maximum absolute atomic E-state index is 12.1. The van der Waals surface area contributed by atoms with Gasteiger partial charge in [0.05, 0.1) is 5.56 Å². The molecule has 1 aromatic heterocycles. The van der Waals surface area contributed by atoms with E-state index in [4.69, 9.17) is 11.6 Å². The average molecular weight is 264 g/mol. The van der Waals surface area contributed by atoms with E-state index in [1.54, 1.807) is 11.7 Å². The van der Waals surface area contributed by atoms with E-state index in [1.165, 1.54) is 0 Å². The highest BCUT2D eigenvalue weighted by Gasteiger charge is 2.18. The van der Waals surface area contributed by atoms with Crippen LogP contribution in [0.15, 0.2) is 24.3 Å². The monoisotopic (exact) mass is 263 g/mol. The van der Waals surface area contributed by atoms with Gasteiger partial charge in [-0.15, -0.1) is 0 Å². The van der Waals surface area contributed by atoms with Crippen molar-refractivity contribution >= 4 is 23.2 Å². The fraction of sp³-hybridized carbons (Fsp3) is 0.231. The minimum atomic E-state index is -0.240. The number of hydrogen-bond acceptors (Lipinski definition) is 2. The van der Waals surface area contributed by atoms with E-state index < -0.39 is 0 Å². The van der Waals surface area contributed by atoms with E-state index in [1.807, 2.05) is 38.1 Å². The maximum Gasteiger partial charge on any atom is 0.260 e. The van der Waals surface area contributed by atoms with Gasteiger partial charge in [0, 0.05) is 18.4 Å². The zero-order valence-electron chi connectivity index (χ0n) is 10.5. The van der Waals surface area contributed by atoms with Gasteiger partial charge in [0.1, 0.15) is 0 Å². The largest absolute Gasteiger partial charge is 0.322 e. The van der Waals surface area contributed by atoms with E-state index in [9.17, 15) is 4.79 Å². The van der Waals surface area contributed by atoms with E-state index in [2.05, 4.69) is 10.4 Å². The molecule has 0 bridgehead atoms. The van der Waals surface area contributed by atoms with Crippen LogP contribution in [-0.4, -0.2) is 15.7 Å². The van der Waals surface area contributed by atoms with E-state index in [0.717, 1.165) is 16.9 Å². The number of carbonyl (C=O) groups excluding carboxylic acids is 1. The van der Waals surface area contributed by atoms with E-state index >= 15 is 0 Å². The van der Waals surface area contributed by atoms with Gasteiger partial charge in [-0.3, -0.25) is 9.48 Å². The van der Waals surface area contributed by atoms with Gasteiger partial charge in [0.25, 0.3) is 5.91 Å². The third-order valence-electron chi connectivity index (χ3n) is 2.79. The Kier molecular flexibility index (Phi) is 3.39. The number of rotatable bonds is 2. The summed E-state index contributed by atoms with van der Waals surface area (Å²) in [5.74, 6) is -0.240. The molecule has 1 N–H and O–H groups in total. The highest BCUT2D eigenvalue weighted by Crippen LogP contribution is 2.20. The Morgan fingerprint density at radius 2 is 2.11 bits per heavy atom. The molecule has 0 radical (unpaired) electrons. The standard InChI is InChI=1S/C13H14ClN3O/c1-8-5-4-6-10(7-8)15-13(18)11-9(2)17(3)16-12(11)14/h4-7H,1-3H3,(H,15,18). The van der Waals surface area contributed by atoms with Crippen LogP contribution in [0, 0.1) is 13.8 Å². The van der Waals surface area contributed by atoms with Crippen molar-refractivity contribution in [3.05, 3.63) is 46.2 Å². The van der Waals surface area contributed by atoms with Gasteiger partial charge < -0.3 is 5.32 Å². The van der Waals surface area contributed by atoms with Crippen molar-refractivity contribution in [3.63, 3.8) is 0 Å². The Labute approximate surface area is 111 Å². The Bertz CT molecular complexity index is 604. The summed E-state index contributed by atoms with van der Waals surface area (Å²) >= 11 is 5.95. The number of anilines is 1. The number of aryl methyl sites for hydroxylation is 2. The van der Waals surface area contributed by atoms with E-state index in [0.29, 0.717) is 5.56 Å². The molecule has 0 aliphatic rings. The van der Waals surface area contributed by atoms with Crippen molar-refractivity contribution < 1.29 is 4.79 Å². The van der Waals surface area contributed by atoms with Crippen LogP contribution in [0.25, 0.3) is 0 Å². The Balaban J connectivity index is 2.27. The molecule has 4 nitrogen and oxygen atoms in total. The molecule has 2 aromatic rings. The molecule has 18 heavy (non-hydrogen) atoms. The lowest BCUT2D eigenvalue weighted by Gasteiger charge is -2.05. The SMILES string of the molecule is Cc1cccc(NC(=O)c2c(Cl)nn(C)c2C)c1. The molecule has 94 valence electrons. The Morgan fingerprint density at radius 1 is 1.39 bits per heavy atom. The molecule has 1 heterocycles. The summed E-state index contributed by atoms with van der Waals surface area (Å²) in [5, 5.41) is 7.05. The van der Waals surface area contributed by atoms with Crippen molar-refractivity contribution in [1.82, 2.24) is 9.78 Å². The predicted octanol–water partition coefficient (Wildman–Crippen LogP) is 2.94. The molecule has 0 saturated heterocycles. The molecular weight excluding hydrogens is 250 g/mol. The lowest BCUT2D eigenvalue weighted by molar-refractivity contribution is 0.102. The number of benzene rings is 1. The van der Waals surface area contributed by atoms with Crippen molar-refractivity contribution in [2.24, 2.45) is 7.05 Å². The first-order chi connectivity index (χ1) is 8.49. The third-order valence-corrected chi connectivity index (χ3v) is 3.06. The molecule has 5 heteroatoms. The normalized spacial score (nSPS) is 10.4. The van der Waals surface area contributed by atoms with Gasteiger partial charge in [0.2, 0.25) is 0 Å². The molecule has 0 atom stereocenters. The second-order valence-corrected chi connectivity index (χ2v) is 4.56. The number of aromatic nitrogens is 2. The van der Waals surface area contributed by atoms with Crippen LogP contribution in [0.5, 0.6) is 0 Å². The number of carbonyl (C=O) groups is 1. The summed E-state index contributed by atoms with van der Waals surface area (Å²) in [6, 6.07) is 7.60. The summed E-state index contributed by atoms with van der Waals surface area (Å²) < 4.78 is 1.59. The van der Waals surface area contributed by atoms with Crippen LogP contribution in [0.1, 0.15) is 21.6 Å². The first-order valence-electron chi connectivity index (χ1n) is 5.56. The summed E-state index contributed by atoms with van der Waals surface area (Å²) in [6.45, 7) is 3.78. The summed E-state index contributed by atoms with van der Waals surface area (Å²) in [6.07, 6.45) is 0. The van der Waals surface area contributed by atoms with Gasteiger partial charge in [-0.25, -0.2) is 0 Å². The average Bonchev–Trinajstić information content (AvgIpc) is 2.53. The highest BCUT2D eigenvalue weighted by molar-refractivity contribution is 6.33. The summed E-state index contributed by atoms with van der Waals surface area (Å²) in [4.78, 5) is 12.1. The third kappa shape index (κ3) is 2.38. The topological polar surface area (TPSA) is 46.9 Å². The molecule has 0 unspecified atom stereocenters. The van der Waals surface area contributed by atoms with Gasteiger partial charge in [-0.05, 0) is 31.5 Å². The second kappa shape index (κ2) is 4.82. The van der Waals surface area contributed by atoms with Crippen LogP contribution >= 0.6 is 11.6 Å². The fourth-order valence-corrected chi connectivity index (χ4v) is 2.08. The number of halogens is 1. The number of hydrogen-bond donors (Lipinski definition) is 1. The van der Waals surface area contributed by atoms with Crippen molar-refractivity contribution in [2.45, 2.75) is 13.8 Å². The zero-order chi connectivity index (χ0) is 13.3. The quantitative estimate of drug-likeness (QED) is 0.906. The van der Waals surface area contributed by atoms with Crippen LogP contribution in [-0.2, 0) is 7.05 Å². The Morgan fingerprint density at radius 3 is 2.67 bits per heavy atom. The number of amides is 1. The van der Waals surface area contributed by atoms with Crippen molar-refractivity contribution in [1.29, 1.82) is 0 Å². The van der Waals surface area contributed by atoms with Crippen LogP contribution in [0.2, 0.25) is 5.15 Å². The maximum atomic E-state index is 12.1. The first-order valence-corrected chi connectivity index (χ1v) is 5.94. The zero-order valence-corrected chi connectivity index (χ0v) is 11.2. The minimum Gasteiger partial charge on any atom is -0.322 e. The molecule has 0 aliphatic heterocycles. The molecule has 1 aromatic carbocycles. The summed E-state index contributed by atoms with van der Waals surface area (Å²) in [5.41, 5.74) is 2.99. The van der Waals surface area contributed by atoms with Crippen LogP contribution in [0.4, 0.5) is 5.69 Å². The number of nitrogens with zero attached hydrogens (tertiary/aromatic N) is 2. The fourth-order valence-electron chi connectivity index (χ4n) is 1.74. The lowest BCUT2D eigenvalue weighted by atomic mass is 10.2. The highest BCUT2D eigenvalue weighted by atomic mass is 35.5. The Hall–Kier alpha value is -1.81. The molecule has 0 fully saturated rings. The van der Waals surface area contributed by atoms with E-state index in [-0.39, 0.29) is 11.1 Å². The second-order valence-electron chi connectivity index (χ2n) is 4.20. The van der Waals surface area contributed by atoms with Gasteiger partial charge >= 0.3 is 0 Å². The van der Waals surface area contributed by atoms with Gasteiger partial charge in [-0.2, -0.15) is 5.10 Å². The smallest absolute Gasteiger partial charge is 0.260 e. The lowest BCUT2D eigenvalue weighted by Crippen LogP contribution is -2.13. The molecule has 0 saturated carbocycles. The molecular formula is C13H14ClN3O. The van der Waals surface area contributed by atoms with Crippen molar-refractivity contribution in [3.8, 4) is 0 Å². The summed E-state index contributed by atoms with van der Waals surface area (Å²) in [7, 11) is 1.75. The molecule has 0 spiro atoms. The van der Waals surface area contributed by atoms with Gasteiger partial charge in [-0.1, -0.05) is 23.7 Å². The molecule has 0 aliphatic carbocycles. The molecule has 1 amide bonds. The van der Waals surface area contributed by atoms with Crippen LogP contribution in [0.3, 0.4) is 0 Å². The number of nitrogens with one attached hydrogen (secondary N) is 1.